The first-order valence-electron chi connectivity index (χ1n) is 6.90. The van der Waals surface area contributed by atoms with Crippen molar-refractivity contribution in [1.82, 2.24) is 5.32 Å². The third-order valence-electron chi connectivity index (χ3n) is 3.73. The molecule has 1 aromatic carbocycles. The summed E-state index contributed by atoms with van der Waals surface area (Å²) in [6.45, 7) is 0.748. The van der Waals surface area contributed by atoms with Crippen LogP contribution in [-0.4, -0.2) is 18.5 Å². The van der Waals surface area contributed by atoms with Crippen molar-refractivity contribution in [2.75, 3.05) is 7.11 Å². The number of methoxy groups -OCH3 is 1. The maximum absolute atomic E-state index is 6.44. The van der Waals surface area contributed by atoms with Crippen LogP contribution in [0.4, 0.5) is 0 Å². The van der Waals surface area contributed by atoms with Crippen molar-refractivity contribution in [3.8, 4) is 5.75 Å². The lowest BCUT2D eigenvalue weighted by molar-refractivity contribution is 0.401. The van der Waals surface area contributed by atoms with E-state index in [4.69, 9.17) is 27.9 Å². The van der Waals surface area contributed by atoms with E-state index in [1.807, 2.05) is 18.2 Å². The molecule has 19 heavy (non-hydrogen) atoms. The Morgan fingerprint density at radius 2 is 2.05 bits per heavy atom. The second-order valence-electron chi connectivity index (χ2n) is 5.10. The van der Waals surface area contributed by atoms with Gasteiger partial charge < -0.3 is 10.1 Å². The molecule has 2 atom stereocenters. The Hall–Kier alpha value is -0.440. The number of alkyl halides is 1. The molecule has 106 valence electrons. The molecule has 1 aliphatic rings. The van der Waals surface area contributed by atoms with Crippen molar-refractivity contribution < 1.29 is 4.74 Å². The molecule has 1 N–H and O–H groups in total. The Kier molecular flexibility index (Phi) is 5.80. The smallest absolute Gasteiger partial charge is 0.123 e. The highest BCUT2D eigenvalue weighted by molar-refractivity contribution is 6.30. The lowest BCUT2D eigenvalue weighted by atomic mass is 10.1. The molecule has 4 heteroatoms. The van der Waals surface area contributed by atoms with Crippen LogP contribution in [0, 0.1) is 0 Å². The Morgan fingerprint density at radius 3 is 2.84 bits per heavy atom. The van der Waals surface area contributed by atoms with E-state index in [1.54, 1.807) is 7.11 Å². The first-order valence-corrected chi connectivity index (χ1v) is 7.72. The summed E-state index contributed by atoms with van der Waals surface area (Å²) in [6.07, 6.45) is 6.05. The van der Waals surface area contributed by atoms with E-state index in [0.29, 0.717) is 6.04 Å². The minimum atomic E-state index is 0.229. The molecule has 2 nitrogen and oxygen atoms in total. The molecule has 0 amide bonds. The summed E-state index contributed by atoms with van der Waals surface area (Å²) in [6, 6.07) is 6.09. The SMILES string of the molecule is COc1ccc(Cl)cc1CNC1CCCCCC1Cl. The van der Waals surface area contributed by atoms with E-state index in [0.717, 1.165) is 35.7 Å². The average molecular weight is 302 g/mol. The van der Waals surface area contributed by atoms with Crippen LogP contribution in [0.5, 0.6) is 5.75 Å². The van der Waals surface area contributed by atoms with Crippen LogP contribution < -0.4 is 10.1 Å². The van der Waals surface area contributed by atoms with Gasteiger partial charge in [-0.1, -0.05) is 30.9 Å². The molecule has 2 rings (SSSR count). The van der Waals surface area contributed by atoms with Crippen LogP contribution in [0.25, 0.3) is 0 Å². The van der Waals surface area contributed by atoms with Gasteiger partial charge in [0.15, 0.2) is 0 Å². The summed E-state index contributed by atoms with van der Waals surface area (Å²) in [7, 11) is 1.68. The number of halogens is 2. The second kappa shape index (κ2) is 7.37. The fourth-order valence-corrected chi connectivity index (χ4v) is 3.18. The number of rotatable bonds is 4. The standard InChI is InChI=1S/C15H21Cl2NO/c1-19-15-8-7-12(16)9-11(15)10-18-14-6-4-2-3-5-13(14)17/h7-9,13-14,18H,2-6,10H2,1H3. The van der Waals surface area contributed by atoms with Crippen molar-refractivity contribution in [3.63, 3.8) is 0 Å². The zero-order valence-corrected chi connectivity index (χ0v) is 12.8. The average Bonchev–Trinajstić information content (AvgIpc) is 2.61. The molecule has 1 aromatic rings. The van der Waals surface area contributed by atoms with Crippen molar-refractivity contribution in [2.24, 2.45) is 0 Å². The van der Waals surface area contributed by atoms with Gasteiger partial charge in [0.2, 0.25) is 0 Å². The van der Waals surface area contributed by atoms with Crippen LogP contribution in [0.15, 0.2) is 18.2 Å². The molecule has 0 saturated heterocycles. The quantitative estimate of drug-likeness (QED) is 0.658. The molecule has 0 aliphatic heterocycles. The number of benzene rings is 1. The van der Waals surface area contributed by atoms with Crippen molar-refractivity contribution in [1.29, 1.82) is 0 Å². The molecule has 0 heterocycles. The highest BCUT2D eigenvalue weighted by atomic mass is 35.5. The largest absolute Gasteiger partial charge is 0.496 e. The maximum Gasteiger partial charge on any atom is 0.123 e. The van der Waals surface area contributed by atoms with Gasteiger partial charge in [-0.15, -0.1) is 11.6 Å². The van der Waals surface area contributed by atoms with Gasteiger partial charge in [-0.05, 0) is 31.0 Å². The van der Waals surface area contributed by atoms with E-state index in [1.165, 1.54) is 19.3 Å². The zero-order valence-electron chi connectivity index (χ0n) is 11.3. The molecular weight excluding hydrogens is 281 g/mol. The van der Waals surface area contributed by atoms with Crippen LogP contribution in [0.2, 0.25) is 5.02 Å². The predicted molar refractivity (Wildman–Crippen MR) is 81.4 cm³/mol. The van der Waals surface area contributed by atoms with Gasteiger partial charge in [-0.3, -0.25) is 0 Å². The molecule has 2 unspecified atom stereocenters. The summed E-state index contributed by atoms with van der Waals surface area (Å²) >= 11 is 12.5. The summed E-state index contributed by atoms with van der Waals surface area (Å²) in [5, 5.41) is 4.53. The van der Waals surface area contributed by atoms with Gasteiger partial charge in [-0.25, -0.2) is 0 Å². The summed E-state index contributed by atoms with van der Waals surface area (Å²) in [5.41, 5.74) is 1.09. The molecule has 1 fully saturated rings. The second-order valence-corrected chi connectivity index (χ2v) is 6.09. The normalized spacial score (nSPS) is 23.9. The molecule has 0 spiro atoms. The topological polar surface area (TPSA) is 21.3 Å². The monoisotopic (exact) mass is 301 g/mol. The first kappa shape index (κ1) is 15.0. The minimum Gasteiger partial charge on any atom is -0.496 e. The summed E-state index contributed by atoms with van der Waals surface area (Å²) < 4.78 is 5.36. The number of ether oxygens (including phenoxy) is 1. The highest BCUT2D eigenvalue weighted by Crippen LogP contribution is 2.25. The maximum atomic E-state index is 6.44. The Balaban J connectivity index is 1.99. The van der Waals surface area contributed by atoms with Gasteiger partial charge in [0.1, 0.15) is 5.75 Å². The third kappa shape index (κ3) is 4.27. The number of hydrogen-bond acceptors (Lipinski definition) is 2. The Morgan fingerprint density at radius 1 is 1.26 bits per heavy atom. The lowest BCUT2D eigenvalue weighted by Gasteiger charge is -2.22. The van der Waals surface area contributed by atoms with Gasteiger partial charge >= 0.3 is 0 Å². The van der Waals surface area contributed by atoms with Crippen LogP contribution in [0.1, 0.15) is 37.7 Å². The molecule has 0 radical (unpaired) electrons. The van der Waals surface area contributed by atoms with Crippen molar-refractivity contribution >= 4 is 23.2 Å². The van der Waals surface area contributed by atoms with Crippen molar-refractivity contribution in [2.45, 2.75) is 50.1 Å². The van der Waals surface area contributed by atoms with E-state index in [9.17, 15) is 0 Å². The number of hydrogen-bond donors (Lipinski definition) is 1. The fraction of sp³-hybridized carbons (Fsp3) is 0.600. The summed E-state index contributed by atoms with van der Waals surface area (Å²) in [5.74, 6) is 0.872. The molecule has 0 aromatic heterocycles. The molecule has 1 saturated carbocycles. The zero-order chi connectivity index (χ0) is 13.7. The van der Waals surface area contributed by atoms with Crippen molar-refractivity contribution in [3.05, 3.63) is 28.8 Å². The van der Waals surface area contributed by atoms with Gasteiger partial charge in [-0.2, -0.15) is 0 Å². The molecular formula is C15H21Cl2NO. The van der Waals surface area contributed by atoms with Gasteiger partial charge in [0.25, 0.3) is 0 Å². The molecule has 1 aliphatic carbocycles. The van der Waals surface area contributed by atoms with E-state index >= 15 is 0 Å². The third-order valence-corrected chi connectivity index (χ3v) is 4.49. The van der Waals surface area contributed by atoms with E-state index < -0.39 is 0 Å². The van der Waals surface area contributed by atoms with E-state index in [2.05, 4.69) is 5.32 Å². The highest BCUT2D eigenvalue weighted by Gasteiger charge is 2.21. The van der Waals surface area contributed by atoms with E-state index in [-0.39, 0.29) is 5.38 Å². The van der Waals surface area contributed by atoms with Gasteiger partial charge in [0, 0.05) is 28.5 Å². The number of nitrogens with one attached hydrogen (secondary N) is 1. The summed E-state index contributed by atoms with van der Waals surface area (Å²) in [4.78, 5) is 0. The fourth-order valence-electron chi connectivity index (χ4n) is 2.62. The van der Waals surface area contributed by atoms with Gasteiger partial charge in [0.05, 0.1) is 7.11 Å². The lowest BCUT2D eigenvalue weighted by Crippen LogP contribution is -2.35. The Labute approximate surface area is 125 Å². The first-order chi connectivity index (χ1) is 9.20. The Bertz CT molecular complexity index is 411. The van der Waals surface area contributed by atoms with Crippen LogP contribution in [-0.2, 0) is 6.54 Å². The molecule has 0 bridgehead atoms. The minimum absolute atomic E-state index is 0.229. The van der Waals surface area contributed by atoms with Crippen LogP contribution >= 0.6 is 23.2 Å². The van der Waals surface area contributed by atoms with Crippen LogP contribution in [0.3, 0.4) is 0 Å². The predicted octanol–water partition coefficient (Wildman–Crippen LogP) is 4.38.